The molecule has 0 radical (unpaired) electrons. The van der Waals surface area contributed by atoms with Gasteiger partial charge in [0.2, 0.25) is 0 Å². The van der Waals surface area contributed by atoms with E-state index in [1.165, 1.54) is 22.3 Å². The van der Waals surface area contributed by atoms with Crippen molar-refractivity contribution in [1.29, 1.82) is 0 Å². The van der Waals surface area contributed by atoms with Crippen molar-refractivity contribution >= 4 is 6.29 Å². The van der Waals surface area contributed by atoms with Crippen LogP contribution < -0.4 is 0 Å². The summed E-state index contributed by atoms with van der Waals surface area (Å²) in [6, 6.07) is 4.98. The number of rotatable bonds is 12. The average molecular weight is 395 g/mol. The van der Waals surface area contributed by atoms with Crippen molar-refractivity contribution in [1.82, 2.24) is 0 Å². The molecule has 29 heavy (non-hydrogen) atoms. The fourth-order valence-corrected chi connectivity index (χ4v) is 3.11. The minimum Gasteiger partial charge on any atom is -0.508 e. The maximum Gasteiger partial charge on any atom is 0.150 e. The summed E-state index contributed by atoms with van der Waals surface area (Å²) >= 11 is 0. The monoisotopic (exact) mass is 394 g/mol. The molecule has 0 fully saturated rings. The van der Waals surface area contributed by atoms with Crippen LogP contribution in [0.25, 0.3) is 0 Å². The number of carbonyl (C=O) groups is 1. The van der Waals surface area contributed by atoms with Crippen LogP contribution in [0.2, 0.25) is 0 Å². The second-order valence-corrected chi connectivity index (χ2v) is 8.26. The van der Waals surface area contributed by atoms with Gasteiger partial charge in [0.1, 0.15) is 12.0 Å². The van der Waals surface area contributed by atoms with Gasteiger partial charge < -0.3 is 5.11 Å². The number of allylic oxidation sites excluding steroid dienone is 8. The highest BCUT2D eigenvalue weighted by Crippen LogP contribution is 2.20. The standard InChI is InChI=1S/C27H38O2/c1-21(2)9-6-10-22(3)11-7-12-23(4)13-8-14-24(5)15-17-26-19-25(20-28)16-18-27(26)29/h9,11,13,15-16,18-20,29H,6-8,10,12,14,17H2,1-5H3. The van der Waals surface area contributed by atoms with E-state index in [1.54, 1.807) is 18.2 Å². The Morgan fingerprint density at radius 2 is 1.31 bits per heavy atom. The molecule has 0 aliphatic carbocycles. The summed E-state index contributed by atoms with van der Waals surface area (Å²) in [6.07, 6.45) is 17.2. The number of hydrogen-bond acceptors (Lipinski definition) is 2. The quantitative estimate of drug-likeness (QED) is 0.289. The third-order valence-corrected chi connectivity index (χ3v) is 5.06. The lowest BCUT2D eigenvalue weighted by atomic mass is 10.0. The molecule has 1 N–H and O–H groups in total. The van der Waals surface area contributed by atoms with Crippen LogP contribution in [0.15, 0.2) is 64.8 Å². The smallest absolute Gasteiger partial charge is 0.150 e. The first-order chi connectivity index (χ1) is 13.8. The molecular weight excluding hydrogens is 356 g/mol. The van der Waals surface area contributed by atoms with E-state index >= 15 is 0 Å². The van der Waals surface area contributed by atoms with Gasteiger partial charge in [0, 0.05) is 5.56 Å². The van der Waals surface area contributed by atoms with Gasteiger partial charge in [0.15, 0.2) is 0 Å². The first kappa shape index (κ1) is 24.7. The van der Waals surface area contributed by atoms with Gasteiger partial charge in [0.05, 0.1) is 0 Å². The molecule has 0 amide bonds. The van der Waals surface area contributed by atoms with E-state index in [1.807, 2.05) is 0 Å². The van der Waals surface area contributed by atoms with E-state index < -0.39 is 0 Å². The van der Waals surface area contributed by atoms with E-state index in [-0.39, 0.29) is 5.75 Å². The van der Waals surface area contributed by atoms with Crippen LogP contribution in [0.4, 0.5) is 0 Å². The molecular formula is C27H38O2. The predicted molar refractivity (Wildman–Crippen MR) is 126 cm³/mol. The molecule has 0 bridgehead atoms. The van der Waals surface area contributed by atoms with E-state index in [0.717, 1.165) is 50.4 Å². The van der Waals surface area contributed by atoms with E-state index in [2.05, 4.69) is 58.9 Å². The Hall–Kier alpha value is -2.35. The number of hydrogen-bond donors (Lipinski definition) is 1. The molecule has 0 unspecified atom stereocenters. The molecule has 1 aromatic rings. The minimum atomic E-state index is 0.250. The predicted octanol–water partition coefficient (Wildman–Crippen LogP) is 7.89. The lowest BCUT2D eigenvalue weighted by Gasteiger charge is -2.05. The summed E-state index contributed by atoms with van der Waals surface area (Å²) in [5.41, 5.74) is 7.03. The molecule has 0 saturated carbocycles. The molecule has 158 valence electrons. The van der Waals surface area contributed by atoms with Crippen LogP contribution in [0.1, 0.15) is 89.1 Å². The Morgan fingerprint density at radius 3 is 1.83 bits per heavy atom. The zero-order chi connectivity index (χ0) is 21.6. The van der Waals surface area contributed by atoms with Gasteiger partial charge in [0.25, 0.3) is 0 Å². The van der Waals surface area contributed by atoms with Crippen molar-refractivity contribution < 1.29 is 9.90 Å². The van der Waals surface area contributed by atoms with Gasteiger partial charge in [-0.15, -0.1) is 0 Å². The van der Waals surface area contributed by atoms with Crippen molar-refractivity contribution in [3.8, 4) is 5.75 Å². The van der Waals surface area contributed by atoms with E-state index in [0.29, 0.717) is 12.0 Å². The summed E-state index contributed by atoms with van der Waals surface area (Å²) in [5, 5.41) is 9.92. The fraction of sp³-hybridized carbons (Fsp3) is 0.444. The van der Waals surface area contributed by atoms with Crippen molar-refractivity contribution in [3.63, 3.8) is 0 Å². The Morgan fingerprint density at radius 1 is 0.793 bits per heavy atom. The van der Waals surface area contributed by atoms with Crippen LogP contribution in [0.3, 0.4) is 0 Å². The molecule has 1 rings (SSSR count). The van der Waals surface area contributed by atoms with E-state index in [4.69, 9.17) is 0 Å². The summed E-state index contributed by atoms with van der Waals surface area (Å²) in [7, 11) is 0. The normalized spacial score (nSPS) is 12.8. The number of aldehydes is 1. The van der Waals surface area contributed by atoms with Crippen molar-refractivity contribution in [2.75, 3.05) is 0 Å². The third kappa shape index (κ3) is 11.3. The average Bonchev–Trinajstić information content (AvgIpc) is 2.67. The molecule has 1 aromatic carbocycles. The molecule has 0 aromatic heterocycles. The molecule has 0 heterocycles. The lowest BCUT2D eigenvalue weighted by Crippen LogP contribution is -1.88. The Labute approximate surface area is 177 Å². The zero-order valence-electron chi connectivity index (χ0n) is 18.9. The van der Waals surface area contributed by atoms with Gasteiger partial charge >= 0.3 is 0 Å². The lowest BCUT2D eigenvalue weighted by molar-refractivity contribution is 0.112. The summed E-state index contributed by atoms with van der Waals surface area (Å²) < 4.78 is 0. The molecule has 0 spiro atoms. The minimum absolute atomic E-state index is 0.250. The van der Waals surface area contributed by atoms with Crippen molar-refractivity contribution in [3.05, 3.63) is 75.9 Å². The Balaban J connectivity index is 2.38. The molecule has 2 heteroatoms. The number of phenolic OH excluding ortho intramolecular Hbond substituents is 1. The molecule has 0 saturated heterocycles. The molecule has 0 aliphatic rings. The van der Waals surface area contributed by atoms with Gasteiger partial charge in [-0.05, 0) is 103 Å². The topological polar surface area (TPSA) is 37.3 Å². The highest BCUT2D eigenvalue weighted by molar-refractivity contribution is 5.75. The first-order valence-electron chi connectivity index (χ1n) is 10.7. The number of benzene rings is 1. The maximum atomic E-state index is 10.9. The van der Waals surface area contributed by atoms with Crippen LogP contribution in [-0.4, -0.2) is 11.4 Å². The van der Waals surface area contributed by atoms with Gasteiger partial charge in [-0.3, -0.25) is 4.79 Å². The van der Waals surface area contributed by atoms with E-state index in [9.17, 15) is 9.90 Å². The SMILES string of the molecule is CC(C)=CCCC(C)=CCCC(C)=CCCC(C)=CCc1cc(C=O)ccc1O. The summed E-state index contributed by atoms with van der Waals surface area (Å²) in [6.45, 7) is 10.9. The number of carbonyl (C=O) groups excluding carboxylic acids is 1. The van der Waals surface area contributed by atoms with Crippen LogP contribution in [-0.2, 0) is 6.42 Å². The largest absolute Gasteiger partial charge is 0.508 e. The zero-order valence-corrected chi connectivity index (χ0v) is 18.9. The molecule has 0 atom stereocenters. The highest BCUT2D eigenvalue weighted by atomic mass is 16.3. The van der Waals surface area contributed by atoms with Crippen LogP contribution >= 0.6 is 0 Å². The first-order valence-corrected chi connectivity index (χ1v) is 10.7. The molecule has 2 nitrogen and oxygen atoms in total. The maximum absolute atomic E-state index is 10.9. The second-order valence-electron chi connectivity index (χ2n) is 8.26. The molecule has 0 aliphatic heterocycles. The number of phenols is 1. The van der Waals surface area contributed by atoms with Crippen LogP contribution in [0, 0.1) is 0 Å². The summed E-state index contributed by atoms with van der Waals surface area (Å²) in [4.78, 5) is 10.9. The Bertz CT molecular complexity index is 772. The van der Waals surface area contributed by atoms with Gasteiger partial charge in [-0.25, -0.2) is 0 Å². The Kier molecular flexibility index (Phi) is 11.7. The van der Waals surface area contributed by atoms with Crippen molar-refractivity contribution in [2.24, 2.45) is 0 Å². The summed E-state index contributed by atoms with van der Waals surface area (Å²) in [5.74, 6) is 0.250. The third-order valence-electron chi connectivity index (χ3n) is 5.06. The van der Waals surface area contributed by atoms with Gasteiger partial charge in [-0.1, -0.05) is 46.6 Å². The van der Waals surface area contributed by atoms with Crippen molar-refractivity contribution in [2.45, 2.75) is 79.6 Å². The fourth-order valence-electron chi connectivity index (χ4n) is 3.11. The second kappa shape index (κ2) is 13.8. The number of aromatic hydroxyl groups is 1. The highest BCUT2D eigenvalue weighted by Gasteiger charge is 2.01. The van der Waals surface area contributed by atoms with Crippen LogP contribution in [0.5, 0.6) is 5.75 Å². The van der Waals surface area contributed by atoms with Gasteiger partial charge in [-0.2, -0.15) is 0 Å².